The summed E-state index contributed by atoms with van der Waals surface area (Å²) in [5.74, 6) is -0.0537. The lowest BCUT2D eigenvalue weighted by atomic mass is 10.1. The summed E-state index contributed by atoms with van der Waals surface area (Å²) in [6, 6.07) is 11.1. The van der Waals surface area contributed by atoms with Gasteiger partial charge >= 0.3 is 0 Å². The lowest BCUT2D eigenvalue weighted by Crippen LogP contribution is -2.36. The van der Waals surface area contributed by atoms with Gasteiger partial charge < -0.3 is 10.6 Å². The van der Waals surface area contributed by atoms with Crippen molar-refractivity contribution in [3.05, 3.63) is 59.9 Å². The van der Waals surface area contributed by atoms with Crippen molar-refractivity contribution < 1.29 is 4.79 Å². The highest BCUT2D eigenvalue weighted by Gasteiger charge is 2.20. The van der Waals surface area contributed by atoms with Crippen molar-refractivity contribution in [1.82, 2.24) is 9.88 Å². The molecule has 0 saturated heterocycles. The summed E-state index contributed by atoms with van der Waals surface area (Å²) in [5, 5.41) is 0. The molecular formula is C16H19N3O. The molecule has 0 bridgehead atoms. The first-order valence-corrected chi connectivity index (χ1v) is 6.64. The maximum absolute atomic E-state index is 12.6. The van der Waals surface area contributed by atoms with Crippen LogP contribution in [0.1, 0.15) is 29.8 Å². The van der Waals surface area contributed by atoms with E-state index in [0.29, 0.717) is 17.8 Å². The monoisotopic (exact) mass is 269 g/mol. The van der Waals surface area contributed by atoms with Crippen LogP contribution in [0.3, 0.4) is 0 Å². The maximum Gasteiger partial charge on any atom is 0.256 e. The topological polar surface area (TPSA) is 59.2 Å². The maximum atomic E-state index is 12.6. The fourth-order valence-electron chi connectivity index (χ4n) is 2.02. The molecule has 0 aliphatic heterocycles. The minimum atomic E-state index is -0.0537. The Kier molecular flexibility index (Phi) is 4.35. The van der Waals surface area contributed by atoms with Crippen molar-refractivity contribution in [2.45, 2.75) is 26.4 Å². The van der Waals surface area contributed by atoms with Crippen LogP contribution in [0, 0.1) is 0 Å². The SMILES string of the molecule is CC(C)N(Cc1cccnc1)C(=O)c1ccccc1N. The van der Waals surface area contributed by atoms with Gasteiger partial charge in [0.15, 0.2) is 0 Å². The molecule has 0 aliphatic rings. The summed E-state index contributed by atoms with van der Waals surface area (Å²) in [7, 11) is 0. The normalized spacial score (nSPS) is 10.6. The Bertz CT molecular complexity index is 581. The number of para-hydroxylation sites is 1. The second kappa shape index (κ2) is 6.19. The minimum absolute atomic E-state index is 0.0537. The molecule has 0 aliphatic carbocycles. The Morgan fingerprint density at radius 1 is 1.25 bits per heavy atom. The van der Waals surface area contributed by atoms with Gasteiger partial charge in [-0.1, -0.05) is 18.2 Å². The van der Waals surface area contributed by atoms with Crippen molar-refractivity contribution in [3.8, 4) is 0 Å². The summed E-state index contributed by atoms with van der Waals surface area (Å²) in [6.45, 7) is 4.51. The highest BCUT2D eigenvalue weighted by Crippen LogP contribution is 2.17. The van der Waals surface area contributed by atoms with Gasteiger partial charge in [-0.05, 0) is 37.6 Å². The number of hydrogen-bond acceptors (Lipinski definition) is 3. The lowest BCUT2D eigenvalue weighted by molar-refractivity contribution is 0.0691. The predicted octanol–water partition coefficient (Wildman–Crippen LogP) is 2.71. The molecule has 1 aromatic heterocycles. The van der Waals surface area contributed by atoms with E-state index in [1.54, 1.807) is 29.4 Å². The van der Waals surface area contributed by atoms with Crippen molar-refractivity contribution in [3.63, 3.8) is 0 Å². The van der Waals surface area contributed by atoms with Gasteiger partial charge in [-0.3, -0.25) is 9.78 Å². The van der Waals surface area contributed by atoms with Crippen LogP contribution in [0.25, 0.3) is 0 Å². The summed E-state index contributed by atoms with van der Waals surface area (Å²) in [4.78, 5) is 18.5. The minimum Gasteiger partial charge on any atom is -0.398 e. The van der Waals surface area contributed by atoms with Crippen LogP contribution in [0.4, 0.5) is 5.69 Å². The van der Waals surface area contributed by atoms with Gasteiger partial charge in [-0.2, -0.15) is 0 Å². The average Bonchev–Trinajstić information content (AvgIpc) is 2.45. The fraction of sp³-hybridized carbons (Fsp3) is 0.250. The second-order valence-electron chi connectivity index (χ2n) is 4.98. The van der Waals surface area contributed by atoms with Crippen molar-refractivity contribution in [1.29, 1.82) is 0 Å². The molecule has 0 fully saturated rings. The highest BCUT2D eigenvalue weighted by molar-refractivity contribution is 5.99. The quantitative estimate of drug-likeness (QED) is 0.868. The van der Waals surface area contributed by atoms with Crippen LogP contribution < -0.4 is 5.73 Å². The van der Waals surface area contributed by atoms with Crippen molar-refractivity contribution in [2.75, 3.05) is 5.73 Å². The van der Waals surface area contributed by atoms with Crippen LogP contribution in [-0.4, -0.2) is 21.8 Å². The molecule has 4 heteroatoms. The molecule has 104 valence electrons. The number of amides is 1. The number of aromatic nitrogens is 1. The molecule has 4 nitrogen and oxygen atoms in total. The first-order chi connectivity index (χ1) is 9.59. The van der Waals surface area contributed by atoms with Gasteiger partial charge in [-0.15, -0.1) is 0 Å². The van der Waals surface area contributed by atoms with Crippen molar-refractivity contribution >= 4 is 11.6 Å². The molecule has 2 rings (SSSR count). The zero-order valence-electron chi connectivity index (χ0n) is 11.8. The molecule has 2 aromatic rings. The van der Waals surface area contributed by atoms with E-state index in [-0.39, 0.29) is 11.9 Å². The molecule has 0 spiro atoms. The zero-order valence-corrected chi connectivity index (χ0v) is 11.8. The van der Waals surface area contributed by atoms with E-state index >= 15 is 0 Å². The van der Waals surface area contributed by atoms with Gasteiger partial charge in [0.25, 0.3) is 5.91 Å². The number of anilines is 1. The fourth-order valence-corrected chi connectivity index (χ4v) is 2.02. The number of benzene rings is 1. The third kappa shape index (κ3) is 3.15. The van der Waals surface area contributed by atoms with E-state index in [0.717, 1.165) is 5.56 Å². The number of carbonyl (C=O) groups excluding carboxylic acids is 1. The number of carbonyl (C=O) groups is 1. The van der Waals surface area contributed by atoms with E-state index in [1.165, 1.54) is 0 Å². The molecule has 0 saturated carbocycles. The Morgan fingerprint density at radius 3 is 2.60 bits per heavy atom. The van der Waals surface area contributed by atoms with E-state index in [4.69, 9.17) is 5.73 Å². The first kappa shape index (κ1) is 14.1. The highest BCUT2D eigenvalue weighted by atomic mass is 16.2. The molecule has 1 aromatic carbocycles. The summed E-state index contributed by atoms with van der Waals surface area (Å²) < 4.78 is 0. The third-order valence-electron chi connectivity index (χ3n) is 3.15. The number of nitrogens with two attached hydrogens (primary N) is 1. The number of hydrogen-bond donors (Lipinski definition) is 1. The molecule has 1 amide bonds. The largest absolute Gasteiger partial charge is 0.398 e. The molecule has 0 radical (unpaired) electrons. The summed E-state index contributed by atoms with van der Waals surface area (Å²) in [5.41, 5.74) is 7.95. The van der Waals surface area contributed by atoms with Crippen LogP contribution >= 0.6 is 0 Å². The molecule has 0 atom stereocenters. The zero-order chi connectivity index (χ0) is 14.5. The van der Waals surface area contributed by atoms with Crippen LogP contribution in [0.2, 0.25) is 0 Å². The number of nitrogens with zero attached hydrogens (tertiary/aromatic N) is 2. The van der Waals surface area contributed by atoms with Gasteiger partial charge in [-0.25, -0.2) is 0 Å². The third-order valence-corrected chi connectivity index (χ3v) is 3.15. The molecule has 0 unspecified atom stereocenters. The average molecular weight is 269 g/mol. The Morgan fingerprint density at radius 2 is 2.00 bits per heavy atom. The molecule has 20 heavy (non-hydrogen) atoms. The second-order valence-corrected chi connectivity index (χ2v) is 4.98. The summed E-state index contributed by atoms with van der Waals surface area (Å²) >= 11 is 0. The lowest BCUT2D eigenvalue weighted by Gasteiger charge is -2.27. The van der Waals surface area contributed by atoms with Gasteiger partial charge in [0.2, 0.25) is 0 Å². The first-order valence-electron chi connectivity index (χ1n) is 6.64. The Hall–Kier alpha value is -2.36. The summed E-state index contributed by atoms with van der Waals surface area (Å²) in [6.07, 6.45) is 3.50. The van der Waals surface area contributed by atoms with E-state index in [1.807, 2.05) is 38.1 Å². The van der Waals surface area contributed by atoms with E-state index < -0.39 is 0 Å². The van der Waals surface area contributed by atoms with Crippen LogP contribution in [-0.2, 0) is 6.54 Å². The van der Waals surface area contributed by atoms with Gasteiger partial charge in [0.05, 0.1) is 5.56 Å². The van der Waals surface area contributed by atoms with Crippen LogP contribution in [0.5, 0.6) is 0 Å². The smallest absolute Gasteiger partial charge is 0.256 e. The number of rotatable bonds is 4. The van der Waals surface area contributed by atoms with Gasteiger partial charge in [0.1, 0.15) is 0 Å². The molecule has 1 heterocycles. The molecular weight excluding hydrogens is 250 g/mol. The standard InChI is InChI=1S/C16H19N3O/c1-12(2)19(11-13-6-5-9-18-10-13)16(20)14-7-3-4-8-15(14)17/h3-10,12H,11,17H2,1-2H3. The van der Waals surface area contributed by atoms with Gasteiger partial charge in [0, 0.05) is 30.7 Å². The Labute approximate surface area is 119 Å². The molecule has 2 N–H and O–H groups in total. The van der Waals surface area contributed by atoms with E-state index in [9.17, 15) is 4.79 Å². The van der Waals surface area contributed by atoms with E-state index in [2.05, 4.69) is 4.98 Å². The van der Waals surface area contributed by atoms with Crippen molar-refractivity contribution in [2.24, 2.45) is 0 Å². The number of nitrogen functional groups attached to an aromatic ring is 1. The van der Waals surface area contributed by atoms with Crippen LogP contribution in [0.15, 0.2) is 48.8 Å². The Balaban J connectivity index is 2.25. The predicted molar refractivity (Wildman–Crippen MR) is 80.1 cm³/mol. The number of pyridine rings is 1.